The lowest BCUT2D eigenvalue weighted by atomic mass is 10.4. The van der Waals surface area contributed by atoms with Crippen molar-refractivity contribution in [2.45, 2.75) is 26.0 Å². The Balaban J connectivity index is 4.88. The Kier molecular flexibility index (Phi) is 8.21. The highest BCUT2D eigenvalue weighted by atomic mass is 127. The molecule has 1 atom stereocenters. The Morgan fingerprint density at radius 1 is 1.29 bits per heavy atom. The number of halogens is 1. The summed E-state index contributed by atoms with van der Waals surface area (Å²) in [5, 5.41) is 0. The summed E-state index contributed by atoms with van der Waals surface area (Å²) >= 11 is 1.99. The van der Waals surface area contributed by atoms with Gasteiger partial charge in [0.2, 0.25) is 0 Å². The molecule has 0 saturated carbocycles. The van der Waals surface area contributed by atoms with Crippen LogP contribution in [0.2, 0.25) is 0 Å². The molecule has 1 unspecified atom stereocenters. The van der Waals surface area contributed by atoms with E-state index in [0.29, 0.717) is 12.0 Å². The van der Waals surface area contributed by atoms with E-state index in [2.05, 4.69) is 0 Å². The fraction of sp³-hybridized carbons (Fsp3) is 0.700. The molecule has 0 bridgehead atoms. The van der Waals surface area contributed by atoms with Gasteiger partial charge in [0.15, 0.2) is 5.73 Å². The van der Waals surface area contributed by atoms with Crippen molar-refractivity contribution in [3.05, 3.63) is 9.66 Å². The SMILES string of the molecule is CCC(OC(=O)C(C)=CI)[Si](OC)(OC)OC. The fourth-order valence-corrected chi connectivity index (χ4v) is 3.61. The van der Waals surface area contributed by atoms with Crippen molar-refractivity contribution in [2.24, 2.45) is 0 Å². The minimum Gasteiger partial charge on any atom is -0.454 e. The average Bonchev–Trinajstić information content (AvgIpc) is 2.38. The van der Waals surface area contributed by atoms with Gasteiger partial charge in [-0.25, -0.2) is 4.79 Å². The first kappa shape index (κ1) is 17.0. The smallest absolute Gasteiger partial charge is 0.454 e. The molecule has 0 spiro atoms. The van der Waals surface area contributed by atoms with Gasteiger partial charge in [0, 0.05) is 26.9 Å². The van der Waals surface area contributed by atoms with E-state index in [9.17, 15) is 4.79 Å². The van der Waals surface area contributed by atoms with Gasteiger partial charge in [-0.1, -0.05) is 29.5 Å². The van der Waals surface area contributed by atoms with Gasteiger partial charge < -0.3 is 18.0 Å². The van der Waals surface area contributed by atoms with Gasteiger partial charge >= 0.3 is 14.8 Å². The summed E-state index contributed by atoms with van der Waals surface area (Å²) in [6.45, 7) is 3.58. The zero-order chi connectivity index (χ0) is 13.5. The normalized spacial score (nSPS) is 14.6. The first-order valence-corrected chi connectivity index (χ1v) is 8.19. The van der Waals surface area contributed by atoms with Crippen molar-refractivity contribution in [3.63, 3.8) is 0 Å². The van der Waals surface area contributed by atoms with Crippen LogP contribution >= 0.6 is 22.6 Å². The molecule has 0 fully saturated rings. The lowest BCUT2D eigenvalue weighted by molar-refractivity contribution is -0.143. The van der Waals surface area contributed by atoms with E-state index in [1.807, 2.05) is 29.5 Å². The fourth-order valence-electron chi connectivity index (χ4n) is 1.32. The number of ether oxygens (including phenoxy) is 1. The second-order valence-corrected chi connectivity index (χ2v) is 7.01. The molecule has 0 saturated heterocycles. The standard InChI is InChI=1S/C10H19IO5Si/c1-6-9(16-10(12)8(2)7-11)17(13-3,14-4)15-5/h7,9H,6H2,1-5H3. The zero-order valence-corrected chi connectivity index (χ0v) is 13.9. The topological polar surface area (TPSA) is 54.0 Å². The summed E-state index contributed by atoms with van der Waals surface area (Å²) in [5.74, 6) is -0.380. The summed E-state index contributed by atoms with van der Waals surface area (Å²) in [4.78, 5) is 11.7. The molecule has 5 nitrogen and oxygen atoms in total. The zero-order valence-electron chi connectivity index (χ0n) is 10.8. The minimum absolute atomic E-state index is 0.380. The maximum Gasteiger partial charge on any atom is 0.543 e. The Morgan fingerprint density at radius 3 is 2.06 bits per heavy atom. The second-order valence-electron chi connectivity index (χ2n) is 3.31. The average molecular weight is 374 g/mol. The molecule has 0 aromatic heterocycles. The van der Waals surface area contributed by atoms with Crippen LogP contribution in [-0.4, -0.2) is 41.8 Å². The molecular formula is C10H19IO5Si. The van der Waals surface area contributed by atoms with Crippen molar-refractivity contribution in [2.75, 3.05) is 21.3 Å². The highest BCUT2D eigenvalue weighted by Gasteiger charge is 2.49. The van der Waals surface area contributed by atoms with E-state index >= 15 is 0 Å². The summed E-state index contributed by atoms with van der Waals surface area (Å²) < 4.78 is 22.9. The molecule has 0 N–H and O–H groups in total. The van der Waals surface area contributed by atoms with Gasteiger partial charge in [0.1, 0.15) is 0 Å². The van der Waals surface area contributed by atoms with Crippen LogP contribution in [0.5, 0.6) is 0 Å². The van der Waals surface area contributed by atoms with Crippen molar-refractivity contribution >= 4 is 37.4 Å². The van der Waals surface area contributed by atoms with Gasteiger partial charge in [-0.05, 0) is 17.4 Å². The molecule has 0 aliphatic carbocycles. The maximum absolute atomic E-state index is 11.7. The summed E-state index contributed by atoms with van der Waals surface area (Å²) in [5.41, 5.74) is 0.0385. The van der Waals surface area contributed by atoms with Crippen LogP contribution < -0.4 is 0 Å². The molecule has 0 rings (SSSR count). The third-order valence-corrected chi connectivity index (χ3v) is 6.31. The summed E-state index contributed by atoms with van der Waals surface area (Å²) in [7, 11) is 1.55. The van der Waals surface area contributed by atoms with E-state index in [1.165, 1.54) is 21.3 Å². The van der Waals surface area contributed by atoms with Crippen LogP contribution in [0.25, 0.3) is 0 Å². The third kappa shape index (κ3) is 4.32. The third-order valence-electron chi connectivity index (χ3n) is 2.35. The first-order valence-electron chi connectivity index (χ1n) is 5.14. The van der Waals surface area contributed by atoms with Gasteiger partial charge in [-0.15, -0.1) is 0 Å². The number of hydrogen-bond donors (Lipinski definition) is 0. The molecule has 17 heavy (non-hydrogen) atoms. The van der Waals surface area contributed by atoms with Crippen LogP contribution in [-0.2, 0) is 22.8 Å². The van der Waals surface area contributed by atoms with Crippen LogP contribution in [0.1, 0.15) is 20.3 Å². The van der Waals surface area contributed by atoms with E-state index in [4.69, 9.17) is 18.0 Å². The number of carbonyl (C=O) groups is 1. The molecule has 0 aromatic carbocycles. The minimum atomic E-state index is -2.94. The van der Waals surface area contributed by atoms with Crippen LogP contribution in [0.15, 0.2) is 9.66 Å². The number of rotatable bonds is 7. The molecule has 0 heterocycles. The van der Waals surface area contributed by atoms with Crippen molar-refractivity contribution in [3.8, 4) is 0 Å². The monoisotopic (exact) mass is 374 g/mol. The van der Waals surface area contributed by atoms with Gasteiger partial charge in [0.05, 0.1) is 0 Å². The summed E-state index contributed by atoms with van der Waals surface area (Å²) in [6, 6.07) is 0. The molecule has 0 radical (unpaired) electrons. The lowest BCUT2D eigenvalue weighted by Crippen LogP contribution is -2.56. The largest absolute Gasteiger partial charge is 0.543 e. The highest BCUT2D eigenvalue weighted by molar-refractivity contribution is 14.1. The van der Waals surface area contributed by atoms with Crippen molar-refractivity contribution < 1.29 is 22.8 Å². The number of carbonyl (C=O) groups excluding carboxylic acids is 1. The molecule has 0 amide bonds. The predicted octanol–water partition coefficient (Wildman–Crippen LogP) is 2.06. The molecule has 0 aliphatic heterocycles. The highest BCUT2D eigenvalue weighted by Crippen LogP contribution is 2.19. The summed E-state index contributed by atoms with van der Waals surface area (Å²) in [6.07, 6.45) is 0.571. The first-order chi connectivity index (χ1) is 8.01. The molecular weight excluding hydrogens is 355 g/mol. The van der Waals surface area contributed by atoms with Gasteiger partial charge in [0.25, 0.3) is 0 Å². The predicted molar refractivity (Wildman–Crippen MR) is 74.7 cm³/mol. The van der Waals surface area contributed by atoms with Crippen LogP contribution in [0, 0.1) is 0 Å². The van der Waals surface area contributed by atoms with Crippen LogP contribution in [0.3, 0.4) is 0 Å². The molecule has 0 aromatic rings. The molecule has 100 valence electrons. The number of hydrogen-bond acceptors (Lipinski definition) is 5. The Bertz CT molecular complexity index is 270. The molecule has 0 aliphatic rings. The Hall–Kier alpha value is 0.0369. The number of esters is 1. The Morgan fingerprint density at radius 2 is 1.76 bits per heavy atom. The van der Waals surface area contributed by atoms with Crippen molar-refractivity contribution in [1.82, 2.24) is 0 Å². The Labute approximate surface area is 117 Å². The maximum atomic E-state index is 11.7. The van der Waals surface area contributed by atoms with E-state index in [0.717, 1.165) is 0 Å². The van der Waals surface area contributed by atoms with E-state index < -0.39 is 14.5 Å². The van der Waals surface area contributed by atoms with Gasteiger partial charge in [-0.3, -0.25) is 0 Å². The molecule has 7 heteroatoms. The quantitative estimate of drug-likeness (QED) is 0.296. The second kappa shape index (κ2) is 8.19. The van der Waals surface area contributed by atoms with E-state index in [1.54, 1.807) is 11.0 Å². The van der Waals surface area contributed by atoms with Crippen molar-refractivity contribution in [1.29, 1.82) is 0 Å². The van der Waals surface area contributed by atoms with Crippen LogP contribution in [0.4, 0.5) is 0 Å². The lowest BCUT2D eigenvalue weighted by Gasteiger charge is -2.31. The van der Waals surface area contributed by atoms with E-state index in [-0.39, 0.29) is 5.97 Å². The van der Waals surface area contributed by atoms with Gasteiger partial charge in [-0.2, -0.15) is 0 Å².